The van der Waals surface area contributed by atoms with Crippen LogP contribution in [-0.2, 0) is 9.59 Å². The lowest BCUT2D eigenvalue weighted by atomic mass is 9.89. The van der Waals surface area contributed by atoms with Crippen molar-refractivity contribution in [2.24, 2.45) is 5.41 Å². The van der Waals surface area contributed by atoms with E-state index in [9.17, 15) is 14.7 Å². The Morgan fingerprint density at radius 2 is 1.94 bits per heavy atom. The molecule has 90 valence electrons. The number of carbonyl (C=O) groups is 2. The summed E-state index contributed by atoms with van der Waals surface area (Å²) in [6.07, 6.45) is 1.21. The van der Waals surface area contributed by atoms with Crippen molar-refractivity contribution in [1.82, 2.24) is 4.90 Å². The van der Waals surface area contributed by atoms with Crippen LogP contribution in [0.15, 0.2) is 11.6 Å². The van der Waals surface area contributed by atoms with E-state index in [2.05, 4.69) is 0 Å². The summed E-state index contributed by atoms with van der Waals surface area (Å²) < 4.78 is 0. The van der Waals surface area contributed by atoms with Gasteiger partial charge >= 0.3 is 0 Å². The van der Waals surface area contributed by atoms with Crippen molar-refractivity contribution in [2.75, 3.05) is 6.54 Å². The fraction of sp³-hybridized carbons (Fsp3) is 0.667. The first kappa shape index (κ1) is 12.9. The van der Waals surface area contributed by atoms with Crippen LogP contribution in [0.4, 0.5) is 0 Å². The highest BCUT2D eigenvalue weighted by atomic mass is 16.3. The van der Waals surface area contributed by atoms with Gasteiger partial charge in [-0.3, -0.25) is 14.5 Å². The number of nitrogens with zero attached hydrogens (tertiary/aromatic N) is 1. The summed E-state index contributed by atoms with van der Waals surface area (Å²) >= 11 is 0. The van der Waals surface area contributed by atoms with E-state index in [1.807, 2.05) is 20.8 Å². The van der Waals surface area contributed by atoms with Gasteiger partial charge in [0.2, 0.25) is 0 Å². The van der Waals surface area contributed by atoms with E-state index in [0.717, 1.165) is 4.90 Å². The Morgan fingerprint density at radius 3 is 2.31 bits per heavy atom. The van der Waals surface area contributed by atoms with Crippen LogP contribution in [0.2, 0.25) is 0 Å². The predicted molar refractivity (Wildman–Crippen MR) is 60.6 cm³/mol. The van der Waals surface area contributed by atoms with Crippen LogP contribution in [-0.4, -0.2) is 34.5 Å². The monoisotopic (exact) mass is 225 g/mol. The molecule has 0 aromatic rings. The third kappa shape index (κ3) is 3.17. The van der Waals surface area contributed by atoms with Crippen LogP contribution in [0.5, 0.6) is 0 Å². The van der Waals surface area contributed by atoms with Crippen LogP contribution in [0.3, 0.4) is 0 Å². The summed E-state index contributed by atoms with van der Waals surface area (Å²) in [5.41, 5.74) is 0.418. The highest BCUT2D eigenvalue weighted by Crippen LogP contribution is 2.22. The van der Waals surface area contributed by atoms with Crippen LogP contribution >= 0.6 is 0 Å². The molecule has 0 saturated heterocycles. The maximum Gasteiger partial charge on any atom is 0.256 e. The van der Waals surface area contributed by atoms with Crippen molar-refractivity contribution in [3.05, 3.63) is 11.6 Å². The van der Waals surface area contributed by atoms with Crippen LogP contribution in [0, 0.1) is 5.41 Å². The molecule has 0 bridgehead atoms. The van der Waals surface area contributed by atoms with Gasteiger partial charge in [-0.25, -0.2) is 0 Å². The molecule has 2 amide bonds. The molecule has 1 aliphatic rings. The van der Waals surface area contributed by atoms with Crippen LogP contribution in [0.25, 0.3) is 0 Å². The van der Waals surface area contributed by atoms with E-state index < -0.39 is 6.10 Å². The number of amides is 2. The Kier molecular flexibility index (Phi) is 3.53. The molecule has 1 atom stereocenters. The molecule has 1 aliphatic heterocycles. The Bertz CT molecular complexity index is 339. The van der Waals surface area contributed by atoms with Gasteiger partial charge in [-0.05, 0) is 18.8 Å². The quantitative estimate of drug-likeness (QED) is 0.732. The number of aliphatic hydroxyl groups is 1. The minimum atomic E-state index is -0.660. The molecule has 4 heteroatoms. The number of rotatable bonds is 3. The van der Waals surface area contributed by atoms with Gasteiger partial charge in [0.15, 0.2) is 0 Å². The minimum absolute atomic E-state index is 0.0201. The van der Waals surface area contributed by atoms with E-state index in [4.69, 9.17) is 0 Å². The normalized spacial score (nSPS) is 19.1. The smallest absolute Gasteiger partial charge is 0.256 e. The lowest BCUT2D eigenvalue weighted by Crippen LogP contribution is -2.38. The highest BCUT2D eigenvalue weighted by Gasteiger charge is 2.30. The summed E-state index contributed by atoms with van der Waals surface area (Å²) in [5.74, 6) is -0.617. The highest BCUT2D eigenvalue weighted by molar-refractivity contribution is 6.15. The molecular formula is C12H19NO3. The van der Waals surface area contributed by atoms with Gasteiger partial charge in [-0.1, -0.05) is 20.8 Å². The molecule has 4 nitrogen and oxygen atoms in total. The van der Waals surface area contributed by atoms with E-state index in [1.54, 1.807) is 6.92 Å². The summed E-state index contributed by atoms with van der Waals surface area (Å²) in [5, 5.41) is 9.80. The molecule has 0 spiro atoms. The Morgan fingerprint density at radius 1 is 1.38 bits per heavy atom. The Hall–Kier alpha value is -1.16. The van der Waals surface area contributed by atoms with Crippen molar-refractivity contribution in [3.8, 4) is 0 Å². The average molecular weight is 225 g/mol. The number of β-amino-alcohol motifs (C(OH)–C–C–N with tert-alkyl or cyclic N) is 1. The van der Waals surface area contributed by atoms with E-state index in [1.165, 1.54) is 6.08 Å². The molecule has 16 heavy (non-hydrogen) atoms. The number of imide groups is 1. The molecule has 1 rings (SSSR count). The molecular weight excluding hydrogens is 206 g/mol. The zero-order chi connectivity index (χ0) is 12.5. The Balaban J connectivity index is 2.57. The van der Waals surface area contributed by atoms with Crippen molar-refractivity contribution in [2.45, 2.75) is 40.2 Å². The average Bonchev–Trinajstić information content (AvgIpc) is 2.29. The molecule has 1 unspecified atom stereocenters. The maximum absolute atomic E-state index is 11.5. The second-order valence-corrected chi connectivity index (χ2v) is 5.50. The topological polar surface area (TPSA) is 57.6 Å². The number of aliphatic hydroxyl groups excluding tert-OH is 1. The van der Waals surface area contributed by atoms with Gasteiger partial charge in [0.05, 0.1) is 12.6 Å². The predicted octanol–water partition coefficient (Wildman–Crippen LogP) is 1.10. The number of hydrogen-bond donors (Lipinski definition) is 1. The zero-order valence-electron chi connectivity index (χ0n) is 10.3. The van der Waals surface area contributed by atoms with Crippen LogP contribution < -0.4 is 0 Å². The lowest BCUT2D eigenvalue weighted by Gasteiger charge is -2.25. The second kappa shape index (κ2) is 4.37. The van der Waals surface area contributed by atoms with Gasteiger partial charge in [0.25, 0.3) is 11.8 Å². The molecule has 0 aromatic carbocycles. The lowest BCUT2D eigenvalue weighted by molar-refractivity contribution is -0.139. The van der Waals surface area contributed by atoms with Gasteiger partial charge in [0.1, 0.15) is 0 Å². The SMILES string of the molecule is CC1=CC(=O)N(CC(O)CC(C)(C)C)C1=O. The summed E-state index contributed by atoms with van der Waals surface area (Å²) in [6.45, 7) is 7.72. The van der Waals surface area contributed by atoms with E-state index in [0.29, 0.717) is 12.0 Å². The zero-order valence-corrected chi connectivity index (χ0v) is 10.3. The number of carbonyl (C=O) groups excluding carboxylic acids is 2. The first-order valence-corrected chi connectivity index (χ1v) is 5.43. The summed E-state index contributed by atoms with van der Waals surface area (Å²) in [6, 6.07) is 0. The van der Waals surface area contributed by atoms with Crippen molar-refractivity contribution >= 4 is 11.8 Å². The first-order chi connectivity index (χ1) is 7.20. The summed E-state index contributed by atoms with van der Waals surface area (Å²) in [4.78, 5) is 24.1. The second-order valence-electron chi connectivity index (χ2n) is 5.50. The summed E-state index contributed by atoms with van der Waals surface area (Å²) in [7, 11) is 0. The molecule has 1 heterocycles. The van der Waals surface area contributed by atoms with Gasteiger partial charge < -0.3 is 5.11 Å². The van der Waals surface area contributed by atoms with Gasteiger partial charge in [0, 0.05) is 11.6 Å². The molecule has 0 fully saturated rings. The third-order valence-corrected chi connectivity index (χ3v) is 2.43. The first-order valence-electron chi connectivity index (χ1n) is 5.43. The molecule has 0 radical (unpaired) electrons. The fourth-order valence-electron chi connectivity index (χ4n) is 1.79. The van der Waals surface area contributed by atoms with Gasteiger partial charge in [-0.2, -0.15) is 0 Å². The maximum atomic E-state index is 11.5. The Labute approximate surface area is 95.9 Å². The van der Waals surface area contributed by atoms with Crippen molar-refractivity contribution in [3.63, 3.8) is 0 Å². The standard InChI is InChI=1S/C12H19NO3/c1-8-5-10(15)13(11(8)16)7-9(14)6-12(2,3)4/h5,9,14H,6-7H2,1-4H3. The largest absolute Gasteiger partial charge is 0.391 e. The van der Waals surface area contributed by atoms with Crippen molar-refractivity contribution < 1.29 is 14.7 Å². The number of hydrogen-bond acceptors (Lipinski definition) is 3. The van der Waals surface area contributed by atoms with E-state index >= 15 is 0 Å². The molecule has 0 aliphatic carbocycles. The minimum Gasteiger partial charge on any atom is -0.391 e. The van der Waals surface area contributed by atoms with Crippen molar-refractivity contribution in [1.29, 1.82) is 0 Å². The van der Waals surface area contributed by atoms with Gasteiger partial charge in [-0.15, -0.1) is 0 Å². The molecule has 0 aromatic heterocycles. The molecule has 0 saturated carbocycles. The fourth-order valence-corrected chi connectivity index (χ4v) is 1.79. The third-order valence-electron chi connectivity index (χ3n) is 2.43. The molecule has 1 N–H and O–H groups in total. The van der Waals surface area contributed by atoms with E-state index in [-0.39, 0.29) is 23.8 Å². The van der Waals surface area contributed by atoms with Crippen LogP contribution in [0.1, 0.15) is 34.1 Å².